The molecule has 4 nitrogen and oxygen atoms in total. The summed E-state index contributed by atoms with van der Waals surface area (Å²) in [6.45, 7) is 6.16. The van der Waals surface area contributed by atoms with Crippen molar-refractivity contribution in [1.29, 1.82) is 0 Å². The third-order valence-electron chi connectivity index (χ3n) is 2.51. The molecule has 0 atom stereocenters. The highest BCUT2D eigenvalue weighted by atomic mass is 16.5. The van der Waals surface area contributed by atoms with Crippen LogP contribution in [-0.4, -0.2) is 32.8 Å². The molecule has 19 heavy (non-hydrogen) atoms. The Kier molecular flexibility index (Phi) is 6.97. The third-order valence-corrected chi connectivity index (χ3v) is 2.51. The Morgan fingerprint density at radius 2 is 1.95 bits per heavy atom. The van der Waals surface area contributed by atoms with Gasteiger partial charge < -0.3 is 14.8 Å². The Labute approximate surface area is 115 Å². The molecule has 0 radical (unpaired) electrons. The lowest BCUT2D eigenvalue weighted by Crippen LogP contribution is -2.25. The van der Waals surface area contributed by atoms with Crippen LogP contribution >= 0.6 is 0 Å². The second-order valence-corrected chi connectivity index (χ2v) is 4.83. The molecule has 0 unspecified atom stereocenters. The molecule has 106 valence electrons. The van der Waals surface area contributed by atoms with Crippen molar-refractivity contribution in [2.24, 2.45) is 5.92 Å². The monoisotopic (exact) mass is 265 g/mol. The second-order valence-electron chi connectivity index (χ2n) is 4.83. The predicted molar refractivity (Wildman–Crippen MR) is 75.6 cm³/mol. The van der Waals surface area contributed by atoms with Crippen molar-refractivity contribution in [3.05, 3.63) is 29.8 Å². The predicted octanol–water partition coefficient (Wildman–Crippen LogP) is 2.49. The maximum atomic E-state index is 11.8. The van der Waals surface area contributed by atoms with Crippen molar-refractivity contribution >= 4 is 5.91 Å². The van der Waals surface area contributed by atoms with E-state index >= 15 is 0 Å². The minimum absolute atomic E-state index is 0.0634. The molecule has 1 N–H and O–H groups in total. The van der Waals surface area contributed by atoms with Crippen LogP contribution in [0, 0.1) is 5.92 Å². The van der Waals surface area contributed by atoms with Crippen molar-refractivity contribution in [2.45, 2.75) is 20.3 Å². The summed E-state index contributed by atoms with van der Waals surface area (Å²) >= 11 is 0. The first kappa shape index (κ1) is 15.5. The molecule has 1 aromatic rings. The largest absolute Gasteiger partial charge is 0.493 e. The van der Waals surface area contributed by atoms with E-state index < -0.39 is 0 Å². The number of amides is 1. The van der Waals surface area contributed by atoms with Crippen molar-refractivity contribution in [3.8, 4) is 5.75 Å². The van der Waals surface area contributed by atoms with Crippen LogP contribution in [0.3, 0.4) is 0 Å². The lowest BCUT2D eigenvalue weighted by Gasteiger charge is -2.09. The number of ether oxygens (including phenoxy) is 2. The number of benzene rings is 1. The van der Waals surface area contributed by atoms with Gasteiger partial charge in [0.2, 0.25) is 0 Å². The maximum Gasteiger partial charge on any atom is 0.251 e. The van der Waals surface area contributed by atoms with E-state index in [1.807, 2.05) is 12.1 Å². The highest BCUT2D eigenvalue weighted by Crippen LogP contribution is 2.13. The Bertz CT molecular complexity index is 373. The van der Waals surface area contributed by atoms with Gasteiger partial charge in [-0.05, 0) is 36.6 Å². The van der Waals surface area contributed by atoms with E-state index in [-0.39, 0.29) is 5.91 Å². The first-order valence-corrected chi connectivity index (χ1v) is 6.63. The Morgan fingerprint density at radius 1 is 1.26 bits per heavy atom. The molecule has 0 fully saturated rings. The summed E-state index contributed by atoms with van der Waals surface area (Å²) in [5, 5.41) is 2.84. The summed E-state index contributed by atoms with van der Waals surface area (Å²) in [4.78, 5) is 11.8. The molecule has 0 aliphatic heterocycles. The zero-order chi connectivity index (χ0) is 14.1. The van der Waals surface area contributed by atoms with Crippen LogP contribution in [0.25, 0.3) is 0 Å². The van der Waals surface area contributed by atoms with Crippen molar-refractivity contribution < 1.29 is 14.3 Å². The van der Waals surface area contributed by atoms with E-state index in [2.05, 4.69) is 19.2 Å². The normalized spacial score (nSPS) is 10.5. The molecule has 0 saturated carbocycles. The summed E-state index contributed by atoms with van der Waals surface area (Å²) in [6.07, 6.45) is 0.817. The number of hydrogen-bond acceptors (Lipinski definition) is 3. The topological polar surface area (TPSA) is 47.6 Å². The fourth-order valence-electron chi connectivity index (χ4n) is 1.49. The number of nitrogens with one attached hydrogen (secondary N) is 1. The Balaban J connectivity index is 2.40. The number of methoxy groups -OCH3 is 1. The van der Waals surface area contributed by atoms with Gasteiger partial charge in [0, 0.05) is 25.8 Å². The van der Waals surface area contributed by atoms with Gasteiger partial charge in [0.1, 0.15) is 5.75 Å². The molecule has 0 aliphatic carbocycles. The van der Waals surface area contributed by atoms with Crippen molar-refractivity contribution in [2.75, 3.05) is 26.9 Å². The minimum atomic E-state index is -0.0634. The maximum absolute atomic E-state index is 11.8. The fourth-order valence-corrected chi connectivity index (χ4v) is 1.49. The summed E-state index contributed by atoms with van der Waals surface area (Å²) < 4.78 is 10.5. The SMILES string of the molecule is COCCCNC(=O)c1ccc(OCC(C)C)cc1. The van der Waals surface area contributed by atoms with Gasteiger partial charge in [-0.2, -0.15) is 0 Å². The molecule has 0 heterocycles. The van der Waals surface area contributed by atoms with Crippen molar-refractivity contribution in [3.63, 3.8) is 0 Å². The van der Waals surface area contributed by atoms with E-state index in [0.29, 0.717) is 31.2 Å². The number of carbonyl (C=O) groups is 1. The van der Waals surface area contributed by atoms with E-state index in [1.54, 1.807) is 19.2 Å². The molecule has 0 bridgehead atoms. The van der Waals surface area contributed by atoms with Crippen LogP contribution in [0.4, 0.5) is 0 Å². The van der Waals surface area contributed by atoms with Gasteiger partial charge in [-0.15, -0.1) is 0 Å². The summed E-state index contributed by atoms with van der Waals surface area (Å²) in [7, 11) is 1.65. The first-order chi connectivity index (χ1) is 9.13. The van der Waals surface area contributed by atoms with Crippen LogP contribution in [-0.2, 0) is 4.74 Å². The standard InChI is InChI=1S/C15H23NO3/c1-12(2)11-19-14-7-5-13(6-8-14)15(17)16-9-4-10-18-3/h5-8,12H,4,9-11H2,1-3H3,(H,16,17). The summed E-state index contributed by atoms with van der Waals surface area (Å²) in [5.74, 6) is 1.22. The highest BCUT2D eigenvalue weighted by Gasteiger charge is 2.05. The van der Waals surface area contributed by atoms with Crippen LogP contribution < -0.4 is 10.1 Å². The van der Waals surface area contributed by atoms with Gasteiger partial charge in [0.15, 0.2) is 0 Å². The Morgan fingerprint density at radius 3 is 2.53 bits per heavy atom. The molecule has 0 aromatic heterocycles. The van der Waals surface area contributed by atoms with Gasteiger partial charge in [-0.1, -0.05) is 13.8 Å². The first-order valence-electron chi connectivity index (χ1n) is 6.63. The minimum Gasteiger partial charge on any atom is -0.493 e. The number of carbonyl (C=O) groups excluding carboxylic acids is 1. The number of rotatable bonds is 8. The molecular formula is C15H23NO3. The van der Waals surface area contributed by atoms with Crippen LogP contribution in [0.5, 0.6) is 5.75 Å². The lowest BCUT2D eigenvalue weighted by atomic mass is 10.2. The fraction of sp³-hybridized carbons (Fsp3) is 0.533. The average Bonchev–Trinajstić information content (AvgIpc) is 2.41. The van der Waals surface area contributed by atoms with Crippen LogP contribution in [0.2, 0.25) is 0 Å². The second kappa shape index (κ2) is 8.53. The molecule has 4 heteroatoms. The average molecular weight is 265 g/mol. The molecule has 0 saturated heterocycles. The highest BCUT2D eigenvalue weighted by molar-refractivity contribution is 5.94. The molecule has 0 aliphatic rings. The molecule has 1 amide bonds. The van der Waals surface area contributed by atoms with Gasteiger partial charge in [0.25, 0.3) is 5.91 Å². The van der Waals surface area contributed by atoms with Crippen molar-refractivity contribution in [1.82, 2.24) is 5.32 Å². The lowest BCUT2D eigenvalue weighted by molar-refractivity contribution is 0.0948. The molecule has 1 aromatic carbocycles. The van der Waals surface area contributed by atoms with Crippen LogP contribution in [0.15, 0.2) is 24.3 Å². The van der Waals surface area contributed by atoms with Crippen LogP contribution in [0.1, 0.15) is 30.6 Å². The van der Waals surface area contributed by atoms with Gasteiger partial charge in [-0.3, -0.25) is 4.79 Å². The third kappa shape index (κ3) is 6.25. The van der Waals surface area contributed by atoms with Gasteiger partial charge in [0.05, 0.1) is 6.61 Å². The zero-order valence-corrected chi connectivity index (χ0v) is 11.9. The van der Waals surface area contributed by atoms with Gasteiger partial charge >= 0.3 is 0 Å². The molecular weight excluding hydrogens is 242 g/mol. The zero-order valence-electron chi connectivity index (χ0n) is 11.9. The van der Waals surface area contributed by atoms with E-state index in [0.717, 1.165) is 12.2 Å². The van der Waals surface area contributed by atoms with E-state index in [4.69, 9.17) is 9.47 Å². The van der Waals surface area contributed by atoms with E-state index in [1.165, 1.54) is 0 Å². The van der Waals surface area contributed by atoms with E-state index in [9.17, 15) is 4.79 Å². The summed E-state index contributed by atoms with van der Waals surface area (Å²) in [5.41, 5.74) is 0.648. The molecule has 1 rings (SSSR count). The smallest absolute Gasteiger partial charge is 0.251 e. The number of hydrogen-bond donors (Lipinski definition) is 1. The summed E-state index contributed by atoms with van der Waals surface area (Å²) in [6, 6.07) is 7.21. The van der Waals surface area contributed by atoms with Gasteiger partial charge in [-0.25, -0.2) is 0 Å². The molecule has 0 spiro atoms. The quantitative estimate of drug-likeness (QED) is 0.735. The Hall–Kier alpha value is -1.55.